The third-order valence-corrected chi connectivity index (χ3v) is 6.62. The van der Waals surface area contributed by atoms with E-state index in [1.807, 2.05) is 51.1 Å². The second kappa shape index (κ2) is 11.8. The van der Waals surface area contributed by atoms with Gasteiger partial charge in [0.25, 0.3) is 0 Å². The van der Waals surface area contributed by atoms with Crippen molar-refractivity contribution < 1.29 is 19.1 Å². The molecule has 1 heterocycles. The zero-order chi connectivity index (χ0) is 24.8. The molecule has 2 rings (SSSR count). The molecular formula is C27H42N2O4. The molecule has 6 nitrogen and oxygen atoms in total. The van der Waals surface area contributed by atoms with Crippen molar-refractivity contribution in [3.8, 4) is 0 Å². The van der Waals surface area contributed by atoms with Crippen LogP contribution >= 0.6 is 0 Å². The number of esters is 1. The minimum Gasteiger partial charge on any atom is -0.459 e. The standard InChI is InChI=1S/C27H42N2O4/c1-8-20(9-2)15-23(28-19(4)31)25-22(18(3)30)16-24(26(32)33-27(5,6)7)29(25)17-21-13-11-10-12-14-21/h10-14,20,22-25H,8-9,15-17H2,1-7H3,(H,28,31). The van der Waals surface area contributed by atoms with Gasteiger partial charge in [0.1, 0.15) is 17.4 Å². The highest BCUT2D eigenvalue weighted by Crippen LogP contribution is 2.37. The van der Waals surface area contributed by atoms with Crippen LogP contribution in [0.3, 0.4) is 0 Å². The summed E-state index contributed by atoms with van der Waals surface area (Å²) in [6.45, 7) is 13.5. The molecule has 33 heavy (non-hydrogen) atoms. The summed E-state index contributed by atoms with van der Waals surface area (Å²) in [4.78, 5) is 40.4. The zero-order valence-electron chi connectivity index (χ0n) is 21.4. The largest absolute Gasteiger partial charge is 0.459 e. The molecule has 1 N–H and O–H groups in total. The van der Waals surface area contributed by atoms with Gasteiger partial charge in [-0.15, -0.1) is 0 Å². The number of ether oxygens (including phenoxy) is 1. The fraction of sp³-hybridized carbons (Fsp3) is 0.667. The fourth-order valence-electron chi connectivity index (χ4n) is 5.01. The van der Waals surface area contributed by atoms with Crippen molar-refractivity contribution in [3.05, 3.63) is 35.9 Å². The summed E-state index contributed by atoms with van der Waals surface area (Å²) in [5.74, 6) is -0.306. The highest BCUT2D eigenvalue weighted by Gasteiger charge is 2.50. The Morgan fingerprint density at radius 2 is 1.70 bits per heavy atom. The third kappa shape index (κ3) is 7.66. The fourth-order valence-corrected chi connectivity index (χ4v) is 5.01. The van der Waals surface area contributed by atoms with Crippen LogP contribution in [0, 0.1) is 11.8 Å². The number of carbonyl (C=O) groups excluding carboxylic acids is 3. The Bertz CT molecular complexity index is 798. The number of hydrogen-bond acceptors (Lipinski definition) is 5. The van der Waals surface area contributed by atoms with E-state index in [-0.39, 0.29) is 35.7 Å². The number of rotatable bonds is 10. The van der Waals surface area contributed by atoms with Gasteiger partial charge in [0.15, 0.2) is 0 Å². The van der Waals surface area contributed by atoms with E-state index in [0.29, 0.717) is 18.9 Å². The number of nitrogens with zero attached hydrogens (tertiary/aromatic N) is 1. The summed E-state index contributed by atoms with van der Waals surface area (Å²) in [5.41, 5.74) is 0.440. The highest BCUT2D eigenvalue weighted by molar-refractivity contribution is 5.83. The summed E-state index contributed by atoms with van der Waals surface area (Å²) in [6, 6.07) is 8.92. The SMILES string of the molecule is CCC(CC)CC(NC(C)=O)C1C(C(C)=O)CC(C(=O)OC(C)(C)C)N1Cc1ccccc1. The lowest BCUT2D eigenvalue weighted by Gasteiger charge is -2.38. The van der Waals surface area contributed by atoms with Gasteiger partial charge in [0.05, 0.1) is 0 Å². The maximum Gasteiger partial charge on any atom is 0.323 e. The first-order chi connectivity index (χ1) is 15.5. The molecule has 0 bridgehead atoms. The van der Waals surface area contributed by atoms with E-state index in [0.717, 1.165) is 24.8 Å². The summed E-state index contributed by atoms with van der Waals surface area (Å²) in [6.07, 6.45) is 3.17. The molecule has 0 spiro atoms. The average molecular weight is 459 g/mol. The molecular weight excluding hydrogens is 416 g/mol. The van der Waals surface area contributed by atoms with Crippen molar-refractivity contribution in [3.63, 3.8) is 0 Å². The monoisotopic (exact) mass is 458 g/mol. The molecule has 1 aromatic rings. The zero-order valence-corrected chi connectivity index (χ0v) is 21.4. The van der Waals surface area contributed by atoms with E-state index in [4.69, 9.17) is 4.74 Å². The minimum absolute atomic E-state index is 0.0454. The molecule has 1 amide bonds. The maximum atomic E-state index is 13.3. The van der Waals surface area contributed by atoms with E-state index in [2.05, 4.69) is 24.1 Å². The van der Waals surface area contributed by atoms with E-state index in [1.54, 1.807) is 6.92 Å². The Morgan fingerprint density at radius 1 is 1.09 bits per heavy atom. The van der Waals surface area contributed by atoms with E-state index < -0.39 is 11.6 Å². The Balaban J connectivity index is 2.51. The molecule has 6 heteroatoms. The lowest BCUT2D eigenvalue weighted by molar-refractivity contribution is -0.161. The number of nitrogens with one attached hydrogen (secondary N) is 1. The van der Waals surface area contributed by atoms with E-state index in [9.17, 15) is 14.4 Å². The van der Waals surface area contributed by atoms with Gasteiger partial charge in [0, 0.05) is 31.5 Å². The second-order valence-corrected chi connectivity index (χ2v) is 10.4. The van der Waals surface area contributed by atoms with Crippen LogP contribution in [0.1, 0.15) is 79.7 Å². The molecule has 1 fully saturated rings. The minimum atomic E-state index is -0.619. The van der Waals surface area contributed by atoms with Gasteiger partial charge >= 0.3 is 5.97 Å². The van der Waals surface area contributed by atoms with Crippen molar-refractivity contribution in [1.29, 1.82) is 0 Å². The van der Waals surface area contributed by atoms with Gasteiger partial charge in [-0.3, -0.25) is 19.3 Å². The average Bonchev–Trinajstić information content (AvgIpc) is 3.10. The van der Waals surface area contributed by atoms with Crippen LogP contribution in [0.5, 0.6) is 0 Å². The lowest BCUT2D eigenvalue weighted by Crippen LogP contribution is -2.54. The smallest absolute Gasteiger partial charge is 0.323 e. The number of benzene rings is 1. The first kappa shape index (κ1) is 27.0. The van der Waals surface area contributed by atoms with Crippen LogP contribution in [0.2, 0.25) is 0 Å². The van der Waals surface area contributed by atoms with E-state index >= 15 is 0 Å². The van der Waals surface area contributed by atoms with Crippen LogP contribution in [-0.2, 0) is 25.7 Å². The van der Waals surface area contributed by atoms with Gasteiger partial charge in [-0.05, 0) is 52.0 Å². The summed E-state index contributed by atoms with van der Waals surface area (Å²) >= 11 is 0. The highest BCUT2D eigenvalue weighted by atomic mass is 16.6. The van der Waals surface area contributed by atoms with Crippen LogP contribution in [0.4, 0.5) is 0 Å². The number of likely N-dealkylation sites (tertiary alicyclic amines) is 1. The molecule has 184 valence electrons. The van der Waals surface area contributed by atoms with Crippen LogP contribution in [-0.4, -0.2) is 46.3 Å². The molecule has 1 aliphatic heterocycles. The van der Waals surface area contributed by atoms with Crippen molar-refractivity contribution in [1.82, 2.24) is 10.2 Å². The second-order valence-electron chi connectivity index (χ2n) is 10.4. The summed E-state index contributed by atoms with van der Waals surface area (Å²) in [5, 5.41) is 3.14. The number of Topliss-reactive ketones (excluding diaryl/α,β-unsaturated/α-hetero) is 1. The number of amides is 1. The lowest BCUT2D eigenvalue weighted by atomic mass is 9.84. The molecule has 0 radical (unpaired) electrons. The normalized spacial score (nSPS) is 22.2. The van der Waals surface area contributed by atoms with Gasteiger partial charge in [-0.25, -0.2) is 0 Å². The first-order valence-electron chi connectivity index (χ1n) is 12.3. The predicted octanol–water partition coefficient (Wildman–Crippen LogP) is 4.51. The molecule has 0 aromatic heterocycles. The van der Waals surface area contributed by atoms with Crippen LogP contribution in [0.25, 0.3) is 0 Å². The third-order valence-electron chi connectivity index (χ3n) is 6.62. The molecule has 4 unspecified atom stereocenters. The van der Waals surface area contributed by atoms with E-state index in [1.165, 1.54) is 6.92 Å². The summed E-state index contributed by atoms with van der Waals surface area (Å²) < 4.78 is 5.77. The Labute approximate surface area is 199 Å². The quantitative estimate of drug-likeness (QED) is 0.522. The van der Waals surface area contributed by atoms with Gasteiger partial charge in [0.2, 0.25) is 5.91 Å². The van der Waals surface area contributed by atoms with Gasteiger partial charge in [-0.1, -0.05) is 57.0 Å². The number of carbonyl (C=O) groups is 3. The molecule has 0 saturated carbocycles. The molecule has 1 saturated heterocycles. The molecule has 1 aromatic carbocycles. The van der Waals surface area contributed by atoms with Crippen molar-refractivity contribution >= 4 is 17.7 Å². The Morgan fingerprint density at radius 3 is 2.18 bits per heavy atom. The van der Waals surface area contributed by atoms with Gasteiger partial charge in [-0.2, -0.15) is 0 Å². The molecule has 4 atom stereocenters. The molecule has 0 aliphatic carbocycles. The Kier molecular flexibility index (Phi) is 9.65. The van der Waals surface area contributed by atoms with Crippen molar-refractivity contribution in [2.45, 2.75) is 104 Å². The van der Waals surface area contributed by atoms with Crippen molar-refractivity contribution in [2.24, 2.45) is 11.8 Å². The first-order valence-corrected chi connectivity index (χ1v) is 12.3. The number of hydrogen-bond donors (Lipinski definition) is 1. The van der Waals surface area contributed by atoms with Crippen molar-refractivity contribution in [2.75, 3.05) is 0 Å². The molecule has 1 aliphatic rings. The number of ketones is 1. The maximum absolute atomic E-state index is 13.3. The van der Waals surface area contributed by atoms with Crippen LogP contribution in [0.15, 0.2) is 30.3 Å². The predicted molar refractivity (Wildman–Crippen MR) is 130 cm³/mol. The van der Waals surface area contributed by atoms with Gasteiger partial charge < -0.3 is 10.1 Å². The topological polar surface area (TPSA) is 75.7 Å². The Hall–Kier alpha value is -2.21. The van der Waals surface area contributed by atoms with Crippen LogP contribution < -0.4 is 5.32 Å². The summed E-state index contributed by atoms with van der Waals surface area (Å²) in [7, 11) is 0.